The number of aryl methyl sites for hydroxylation is 2. The van der Waals surface area contributed by atoms with Gasteiger partial charge < -0.3 is 5.32 Å². The van der Waals surface area contributed by atoms with Gasteiger partial charge >= 0.3 is 0 Å². The molecule has 0 aliphatic rings. The molecule has 7 heteroatoms. The summed E-state index contributed by atoms with van der Waals surface area (Å²) in [5, 5.41) is 8.24. The van der Waals surface area contributed by atoms with Gasteiger partial charge in [-0.2, -0.15) is 5.10 Å². The second-order valence-corrected chi connectivity index (χ2v) is 7.90. The highest BCUT2D eigenvalue weighted by Crippen LogP contribution is 2.28. The molecule has 0 spiro atoms. The number of carbonyl (C=O) groups is 1. The Bertz CT molecular complexity index is 1110. The van der Waals surface area contributed by atoms with E-state index in [1.807, 2.05) is 54.9 Å². The molecule has 130 valence electrons. The van der Waals surface area contributed by atoms with Crippen molar-refractivity contribution >= 4 is 49.1 Å². The zero-order chi connectivity index (χ0) is 18.3. The topological polar surface area (TPSA) is 59.8 Å². The predicted octanol–water partition coefficient (Wildman–Crippen LogP) is 5.11. The maximum Gasteiger partial charge on any atom is 0.255 e. The second kappa shape index (κ2) is 6.66. The first kappa shape index (κ1) is 16.9. The van der Waals surface area contributed by atoms with E-state index in [-0.39, 0.29) is 5.91 Å². The van der Waals surface area contributed by atoms with Crippen molar-refractivity contribution < 1.29 is 4.79 Å². The number of fused-ring (bicyclic) bond motifs is 1. The van der Waals surface area contributed by atoms with Crippen molar-refractivity contribution in [1.82, 2.24) is 14.8 Å². The molecule has 0 unspecified atom stereocenters. The van der Waals surface area contributed by atoms with E-state index in [0.29, 0.717) is 5.56 Å². The average molecular weight is 427 g/mol. The molecule has 1 N–H and O–H groups in total. The Morgan fingerprint density at radius 1 is 1.12 bits per heavy atom. The maximum absolute atomic E-state index is 12.4. The Hall–Kier alpha value is -2.51. The Kier molecular flexibility index (Phi) is 4.34. The number of nitrogens with one attached hydrogen (secondary N) is 1. The number of aromatic nitrogens is 3. The monoisotopic (exact) mass is 426 g/mol. The highest BCUT2D eigenvalue weighted by molar-refractivity contribution is 9.10. The van der Waals surface area contributed by atoms with Crippen molar-refractivity contribution in [3.8, 4) is 5.13 Å². The van der Waals surface area contributed by atoms with Crippen molar-refractivity contribution in [3.63, 3.8) is 0 Å². The molecular formula is C19H15BrN4OS. The summed E-state index contributed by atoms with van der Waals surface area (Å²) in [6.07, 6.45) is 0. The predicted molar refractivity (Wildman–Crippen MR) is 108 cm³/mol. The van der Waals surface area contributed by atoms with Gasteiger partial charge in [0.1, 0.15) is 0 Å². The standard InChI is InChI=1S/C19H15BrN4OS/c1-11-9-12(2)24(23-11)19-22-16-8-7-15(10-17(16)26-19)21-18(25)13-3-5-14(20)6-4-13/h3-10H,1-2H3,(H,21,25). The number of amides is 1. The van der Waals surface area contributed by atoms with Gasteiger partial charge in [-0.1, -0.05) is 27.3 Å². The lowest BCUT2D eigenvalue weighted by Crippen LogP contribution is -2.11. The summed E-state index contributed by atoms with van der Waals surface area (Å²) in [5.41, 5.74) is 4.25. The SMILES string of the molecule is Cc1cc(C)n(-c2nc3ccc(NC(=O)c4ccc(Br)cc4)cc3s2)n1. The molecule has 0 saturated carbocycles. The highest BCUT2D eigenvalue weighted by atomic mass is 79.9. The van der Waals surface area contributed by atoms with Crippen LogP contribution in [0.15, 0.2) is 53.0 Å². The van der Waals surface area contributed by atoms with E-state index in [1.54, 1.807) is 23.5 Å². The normalized spacial score (nSPS) is 11.0. The average Bonchev–Trinajstić information content (AvgIpc) is 3.17. The van der Waals surface area contributed by atoms with E-state index in [1.165, 1.54) is 0 Å². The van der Waals surface area contributed by atoms with Crippen LogP contribution in [0.4, 0.5) is 5.69 Å². The molecule has 4 rings (SSSR count). The zero-order valence-electron chi connectivity index (χ0n) is 14.2. The van der Waals surface area contributed by atoms with Gasteiger partial charge in [0.05, 0.1) is 15.9 Å². The van der Waals surface area contributed by atoms with Crippen molar-refractivity contribution in [1.29, 1.82) is 0 Å². The summed E-state index contributed by atoms with van der Waals surface area (Å²) in [4.78, 5) is 17.0. The van der Waals surface area contributed by atoms with E-state index < -0.39 is 0 Å². The van der Waals surface area contributed by atoms with E-state index in [2.05, 4.69) is 31.3 Å². The van der Waals surface area contributed by atoms with Crippen LogP contribution in [0.5, 0.6) is 0 Å². The van der Waals surface area contributed by atoms with E-state index in [4.69, 9.17) is 0 Å². The van der Waals surface area contributed by atoms with Crippen LogP contribution < -0.4 is 5.32 Å². The first-order chi connectivity index (χ1) is 12.5. The Morgan fingerprint density at radius 2 is 1.88 bits per heavy atom. The van der Waals surface area contributed by atoms with Gasteiger partial charge in [-0.25, -0.2) is 9.67 Å². The summed E-state index contributed by atoms with van der Waals surface area (Å²) in [6, 6.07) is 15.0. The molecule has 1 amide bonds. The van der Waals surface area contributed by atoms with Crippen LogP contribution in [-0.2, 0) is 0 Å². The molecule has 0 radical (unpaired) electrons. The summed E-state index contributed by atoms with van der Waals surface area (Å²) >= 11 is 4.92. The third-order valence-electron chi connectivity index (χ3n) is 3.93. The van der Waals surface area contributed by atoms with Crippen LogP contribution in [0.25, 0.3) is 15.3 Å². The smallest absolute Gasteiger partial charge is 0.255 e. The fourth-order valence-electron chi connectivity index (χ4n) is 2.71. The molecular weight excluding hydrogens is 412 g/mol. The van der Waals surface area contributed by atoms with Gasteiger partial charge in [-0.3, -0.25) is 4.79 Å². The van der Waals surface area contributed by atoms with Gasteiger partial charge in [0.25, 0.3) is 5.91 Å². The molecule has 0 fully saturated rings. The molecule has 0 saturated heterocycles. The summed E-state index contributed by atoms with van der Waals surface area (Å²) in [6.45, 7) is 3.97. The molecule has 2 heterocycles. The molecule has 5 nitrogen and oxygen atoms in total. The Balaban J connectivity index is 1.62. The van der Waals surface area contributed by atoms with Crippen LogP contribution in [0.3, 0.4) is 0 Å². The molecule has 4 aromatic rings. The van der Waals surface area contributed by atoms with Gasteiger partial charge in [0.15, 0.2) is 0 Å². The Labute approximate surface area is 162 Å². The minimum absolute atomic E-state index is 0.139. The Morgan fingerprint density at radius 3 is 2.58 bits per heavy atom. The number of hydrogen-bond acceptors (Lipinski definition) is 4. The lowest BCUT2D eigenvalue weighted by Gasteiger charge is -2.05. The highest BCUT2D eigenvalue weighted by Gasteiger charge is 2.11. The van der Waals surface area contributed by atoms with Crippen LogP contribution in [0.1, 0.15) is 21.7 Å². The molecule has 0 aliphatic carbocycles. The van der Waals surface area contributed by atoms with Crippen molar-refractivity contribution in [2.45, 2.75) is 13.8 Å². The summed E-state index contributed by atoms with van der Waals surface area (Å²) in [7, 11) is 0. The van der Waals surface area contributed by atoms with Crippen LogP contribution >= 0.6 is 27.3 Å². The number of thiazole rings is 1. The quantitative estimate of drug-likeness (QED) is 0.494. The van der Waals surface area contributed by atoms with E-state index >= 15 is 0 Å². The van der Waals surface area contributed by atoms with Crippen LogP contribution in [0.2, 0.25) is 0 Å². The largest absolute Gasteiger partial charge is 0.322 e. The second-order valence-electron chi connectivity index (χ2n) is 5.98. The number of anilines is 1. The third kappa shape index (κ3) is 3.27. The van der Waals surface area contributed by atoms with E-state index in [0.717, 1.165) is 36.9 Å². The minimum Gasteiger partial charge on any atom is -0.322 e. The van der Waals surface area contributed by atoms with Gasteiger partial charge in [-0.05, 0) is 62.4 Å². The number of nitrogens with zero attached hydrogens (tertiary/aromatic N) is 3. The summed E-state index contributed by atoms with van der Waals surface area (Å²) < 4.78 is 3.79. The number of benzene rings is 2. The lowest BCUT2D eigenvalue weighted by atomic mass is 10.2. The minimum atomic E-state index is -0.139. The van der Waals surface area contributed by atoms with Crippen molar-refractivity contribution in [3.05, 3.63) is 70.0 Å². The maximum atomic E-state index is 12.4. The van der Waals surface area contributed by atoms with E-state index in [9.17, 15) is 4.79 Å². The van der Waals surface area contributed by atoms with Crippen molar-refractivity contribution in [2.24, 2.45) is 0 Å². The first-order valence-corrected chi connectivity index (χ1v) is 9.62. The van der Waals surface area contributed by atoms with Crippen LogP contribution in [0, 0.1) is 13.8 Å². The van der Waals surface area contributed by atoms with Crippen LogP contribution in [-0.4, -0.2) is 20.7 Å². The molecule has 2 aromatic carbocycles. The third-order valence-corrected chi connectivity index (χ3v) is 5.45. The lowest BCUT2D eigenvalue weighted by molar-refractivity contribution is 0.102. The zero-order valence-corrected chi connectivity index (χ0v) is 16.6. The fourth-order valence-corrected chi connectivity index (χ4v) is 3.99. The number of hydrogen-bond donors (Lipinski definition) is 1. The molecule has 26 heavy (non-hydrogen) atoms. The van der Waals surface area contributed by atoms with Gasteiger partial charge in [0.2, 0.25) is 5.13 Å². The fraction of sp³-hybridized carbons (Fsp3) is 0.105. The molecule has 0 atom stereocenters. The number of rotatable bonds is 3. The first-order valence-electron chi connectivity index (χ1n) is 8.01. The number of halogens is 1. The molecule has 0 aliphatic heterocycles. The molecule has 0 bridgehead atoms. The summed E-state index contributed by atoms with van der Waals surface area (Å²) in [5.74, 6) is -0.139. The van der Waals surface area contributed by atoms with Crippen molar-refractivity contribution in [2.75, 3.05) is 5.32 Å². The number of carbonyl (C=O) groups excluding carboxylic acids is 1. The molecule has 2 aromatic heterocycles. The van der Waals surface area contributed by atoms with Gasteiger partial charge in [0, 0.05) is 21.4 Å². The van der Waals surface area contributed by atoms with Gasteiger partial charge in [-0.15, -0.1) is 0 Å².